The number of halogens is 1. The van der Waals surface area contributed by atoms with E-state index in [9.17, 15) is 27.6 Å². The van der Waals surface area contributed by atoms with Crippen LogP contribution in [-0.4, -0.2) is 85.2 Å². The predicted molar refractivity (Wildman–Crippen MR) is 206 cm³/mol. The Morgan fingerprint density at radius 2 is 1.77 bits per heavy atom. The summed E-state index contributed by atoms with van der Waals surface area (Å²) in [6.07, 6.45) is 7.41. The summed E-state index contributed by atoms with van der Waals surface area (Å²) in [5.74, 6) is -2.57. The second-order valence-corrected chi connectivity index (χ2v) is 17.1. The van der Waals surface area contributed by atoms with Crippen LogP contribution < -0.4 is 25.4 Å². The van der Waals surface area contributed by atoms with Crippen LogP contribution in [0.2, 0.25) is 5.02 Å². The average Bonchev–Trinajstić information content (AvgIpc) is 3.52. The lowest BCUT2D eigenvalue weighted by Gasteiger charge is -2.30. The van der Waals surface area contributed by atoms with Crippen molar-refractivity contribution in [3.05, 3.63) is 60.1 Å². The number of nitrogens with one attached hydrogen (secondary N) is 4. The van der Waals surface area contributed by atoms with E-state index in [0.717, 1.165) is 51.4 Å². The third kappa shape index (κ3) is 8.60. The van der Waals surface area contributed by atoms with Gasteiger partial charge >= 0.3 is 6.09 Å². The van der Waals surface area contributed by atoms with Gasteiger partial charge in [-0.2, -0.15) is 0 Å². The van der Waals surface area contributed by atoms with Crippen molar-refractivity contribution >= 4 is 62.1 Å². The van der Waals surface area contributed by atoms with Gasteiger partial charge in [-0.25, -0.2) is 17.9 Å². The van der Waals surface area contributed by atoms with Crippen molar-refractivity contribution in [2.75, 3.05) is 18.4 Å². The molecule has 2 aromatic carbocycles. The maximum atomic E-state index is 14.6. The van der Waals surface area contributed by atoms with Gasteiger partial charge in [0, 0.05) is 30.0 Å². The maximum Gasteiger partial charge on any atom is 0.408 e. The number of carbonyl (C=O) groups is 4. The number of hydrogen-bond acceptors (Lipinski definition) is 11. The Labute approximate surface area is 330 Å². The Hall–Kier alpha value is -4.83. The summed E-state index contributed by atoms with van der Waals surface area (Å²) < 4.78 is 46.9. The number of alkyl carbamates (subject to hydrolysis) is 1. The van der Waals surface area contributed by atoms with Gasteiger partial charge in [0.1, 0.15) is 34.7 Å². The van der Waals surface area contributed by atoms with E-state index in [-0.39, 0.29) is 36.3 Å². The molecule has 7 rings (SSSR count). The lowest BCUT2D eigenvalue weighted by atomic mass is 10.0. The first-order valence-electron chi connectivity index (χ1n) is 19.3. The molecule has 0 bridgehead atoms. The summed E-state index contributed by atoms with van der Waals surface area (Å²) in [6, 6.07) is 9.09. The van der Waals surface area contributed by atoms with Crippen LogP contribution >= 0.6 is 11.6 Å². The third-order valence-electron chi connectivity index (χ3n) is 11.1. The zero-order valence-corrected chi connectivity index (χ0v) is 32.5. The van der Waals surface area contributed by atoms with Crippen LogP contribution in [0.1, 0.15) is 77.0 Å². The molecule has 3 fully saturated rings. The SMILES string of the molecule is C=C[C@@H]1C[C@@]12NC(=O)[C@@H]1C[C@@H](Oc3noc4cc(Cl)ccc34)CN1C(=O)[C@@H](NC(=O)OC1CCCC1)CCCCCCCNc1ccccc1S(=O)(=O)NC2=O. The quantitative estimate of drug-likeness (QED) is 0.247. The summed E-state index contributed by atoms with van der Waals surface area (Å²) >= 11 is 6.13. The number of amides is 4. The van der Waals surface area contributed by atoms with Gasteiger partial charge in [-0.15, -0.1) is 6.58 Å². The number of sulfonamides is 1. The van der Waals surface area contributed by atoms with Crippen molar-refractivity contribution in [2.24, 2.45) is 5.92 Å². The van der Waals surface area contributed by atoms with Crippen LogP contribution in [0.3, 0.4) is 0 Å². The van der Waals surface area contributed by atoms with E-state index < -0.39 is 63.5 Å². The zero-order valence-electron chi connectivity index (χ0n) is 31.0. The Morgan fingerprint density at radius 1 is 1.02 bits per heavy atom. The fourth-order valence-electron chi connectivity index (χ4n) is 7.98. The molecule has 0 radical (unpaired) electrons. The first-order chi connectivity index (χ1) is 27.0. The highest BCUT2D eigenvalue weighted by atomic mass is 35.5. The molecule has 15 nitrogen and oxygen atoms in total. The van der Waals surface area contributed by atoms with E-state index in [0.29, 0.717) is 41.1 Å². The number of hydrogen-bond donors (Lipinski definition) is 4. The minimum atomic E-state index is -4.38. The molecule has 3 aromatic rings. The predicted octanol–water partition coefficient (Wildman–Crippen LogP) is 5.20. The molecule has 2 aliphatic heterocycles. The number of carbonyl (C=O) groups excluding carboxylic acids is 4. The molecule has 4 N–H and O–H groups in total. The lowest BCUT2D eigenvalue weighted by Crippen LogP contribution is -2.58. The van der Waals surface area contributed by atoms with Crippen molar-refractivity contribution in [3.8, 4) is 5.88 Å². The largest absolute Gasteiger partial charge is 0.470 e. The van der Waals surface area contributed by atoms with E-state index in [1.807, 2.05) is 0 Å². The highest BCUT2D eigenvalue weighted by Crippen LogP contribution is 2.45. The minimum absolute atomic E-state index is 0.00739. The summed E-state index contributed by atoms with van der Waals surface area (Å²) in [5, 5.41) is 13.8. The molecular weight excluding hydrogens is 764 g/mol. The number of ether oxygens (including phenoxy) is 2. The van der Waals surface area contributed by atoms with E-state index in [1.165, 1.54) is 17.0 Å². The molecular formula is C39H47ClN6O9S. The molecule has 1 aromatic heterocycles. The molecule has 0 unspecified atom stereocenters. The molecule has 2 aliphatic carbocycles. The number of anilines is 1. The zero-order chi connectivity index (χ0) is 39.5. The van der Waals surface area contributed by atoms with Crippen LogP contribution in [0.5, 0.6) is 5.88 Å². The number of para-hydroxylation sites is 1. The number of nitrogens with zero attached hydrogens (tertiary/aromatic N) is 2. The highest BCUT2D eigenvalue weighted by molar-refractivity contribution is 7.90. The number of rotatable bonds is 5. The molecule has 3 heterocycles. The van der Waals surface area contributed by atoms with Crippen molar-refractivity contribution in [1.29, 1.82) is 0 Å². The lowest BCUT2D eigenvalue weighted by molar-refractivity contribution is -0.141. The smallest absolute Gasteiger partial charge is 0.408 e. The second kappa shape index (κ2) is 16.7. The summed E-state index contributed by atoms with van der Waals surface area (Å²) in [7, 11) is -4.38. The van der Waals surface area contributed by atoms with Crippen LogP contribution in [0, 0.1) is 5.92 Å². The molecule has 56 heavy (non-hydrogen) atoms. The molecule has 4 amide bonds. The van der Waals surface area contributed by atoms with Crippen molar-refractivity contribution in [1.82, 2.24) is 25.4 Å². The first-order valence-corrected chi connectivity index (χ1v) is 21.2. The monoisotopic (exact) mass is 810 g/mol. The topological polar surface area (TPSA) is 198 Å². The summed E-state index contributed by atoms with van der Waals surface area (Å²) in [4.78, 5) is 57.4. The highest BCUT2D eigenvalue weighted by Gasteiger charge is 2.61. The first kappa shape index (κ1) is 39.4. The van der Waals surface area contributed by atoms with Crippen LogP contribution in [-0.2, 0) is 29.1 Å². The molecule has 300 valence electrons. The van der Waals surface area contributed by atoms with Gasteiger partial charge in [0.05, 0.1) is 17.6 Å². The number of aromatic nitrogens is 1. The van der Waals surface area contributed by atoms with Gasteiger partial charge in [0.2, 0.25) is 11.8 Å². The Balaban J connectivity index is 1.19. The van der Waals surface area contributed by atoms with Crippen molar-refractivity contribution < 1.29 is 41.6 Å². The standard InChI is InChI=1S/C39H47ClN6O9S/c1-2-24-22-39(24)37(49)45-56(51,52)33-16-10-9-14-29(33)41-19-11-5-3-4-6-15-30(42-38(50)54-26-12-7-8-13-26)36(48)46-23-27(21-31(46)34(47)43-39)53-35-28-18-17-25(40)20-32(28)55-44-35/h2,9-10,14,16-18,20,24,26-27,30-31,41H,1,3-8,11-13,15,19,21-23H2,(H,42,50)(H,43,47)(H,45,49)/t24-,27-,30+,31+,39-/m1/s1. The van der Waals surface area contributed by atoms with E-state index in [1.54, 1.807) is 36.4 Å². The normalized spacial score (nSPS) is 27.7. The Morgan fingerprint density at radius 3 is 2.55 bits per heavy atom. The fraction of sp³-hybridized carbons (Fsp3) is 0.513. The van der Waals surface area contributed by atoms with E-state index >= 15 is 0 Å². The number of fused-ring (bicyclic) bond motifs is 3. The van der Waals surface area contributed by atoms with Gasteiger partial charge < -0.3 is 34.8 Å². The van der Waals surface area contributed by atoms with Crippen LogP contribution in [0.25, 0.3) is 11.0 Å². The van der Waals surface area contributed by atoms with Gasteiger partial charge in [-0.3, -0.25) is 14.4 Å². The number of benzene rings is 2. The minimum Gasteiger partial charge on any atom is -0.470 e. The Bertz CT molecular complexity index is 2090. The summed E-state index contributed by atoms with van der Waals surface area (Å²) in [6.45, 7) is 4.24. The van der Waals surface area contributed by atoms with Crippen LogP contribution in [0.4, 0.5) is 10.5 Å². The third-order valence-corrected chi connectivity index (χ3v) is 12.8. The van der Waals surface area contributed by atoms with Gasteiger partial charge in [0.25, 0.3) is 21.8 Å². The molecule has 17 heteroatoms. The molecule has 5 atom stereocenters. The molecule has 1 saturated heterocycles. The molecule has 2 saturated carbocycles. The van der Waals surface area contributed by atoms with E-state index in [2.05, 4.69) is 32.4 Å². The molecule has 1 spiro atoms. The van der Waals surface area contributed by atoms with Gasteiger partial charge in [0.15, 0.2) is 5.58 Å². The molecule has 4 aliphatic rings. The van der Waals surface area contributed by atoms with Crippen molar-refractivity contribution in [3.63, 3.8) is 0 Å². The average molecular weight is 811 g/mol. The Kier molecular flexibility index (Phi) is 11.8. The summed E-state index contributed by atoms with van der Waals surface area (Å²) in [5.41, 5.74) is -0.907. The maximum absolute atomic E-state index is 14.6. The van der Waals surface area contributed by atoms with Crippen LogP contribution in [0.15, 0.2) is 64.5 Å². The van der Waals surface area contributed by atoms with Crippen molar-refractivity contribution in [2.45, 2.75) is 112 Å². The van der Waals surface area contributed by atoms with E-state index in [4.69, 9.17) is 25.6 Å². The second-order valence-electron chi connectivity index (χ2n) is 15.0. The van der Waals surface area contributed by atoms with Gasteiger partial charge in [-0.1, -0.05) is 55.5 Å². The fourth-order valence-corrected chi connectivity index (χ4v) is 9.36. The van der Waals surface area contributed by atoms with Gasteiger partial charge in [-0.05, 0) is 74.4 Å².